The highest BCUT2D eigenvalue weighted by atomic mass is 16.3. The summed E-state index contributed by atoms with van der Waals surface area (Å²) in [6.07, 6.45) is 1.41. The molecule has 0 aliphatic carbocycles. The molecule has 0 aliphatic rings. The van der Waals surface area contributed by atoms with Crippen molar-refractivity contribution in [3.8, 4) is 11.4 Å². The summed E-state index contributed by atoms with van der Waals surface area (Å²) in [4.78, 5) is 27.5. The van der Waals surface area contributed by atoms with Crippen LogP contribution in [0.2, 0.25) is 0 Å². The number of phenolic OH excluding ortho intramolecular Hbond substituents is 1. The van der Waals surface area contributed by atoms with Crippen LogP contribution >= 0.6 is 0 Å². The van der Waals surface area contributed by atoms with E-state index in [4.69, 9.17) is 5.73 Å². The predicted molar refractivity (Wildman–Crippen MR) is 101 cm³/mol. The van der Waals surface area contributed by atoms with Gasteiger partial charge in [0.1, 0.15) is 11.6 Å². The summed E-state index contributed by atoms with van der Waals surface area (Å²) in [6.45, 7) is 1.50. The first kappa shape index (κ1) is 16.6. The standard InChI is InChI=1S/C20H16N4O3/c1-11(25)12-2-7-17-13(8-12)9-18(23-17)19(27)16-10-22-24(20(16)21)14-3-5-15(26)6-4-14/h2-10,23,26H,21H2,1H3. The minimum atomic E-state index is -0.293. The van der Waals surface area contributed by atoms with Gasteiger partial charge in [0.15, 0.2) is 5.78 Å². The molecule has 2 aromatic carbocycles. The number of hydrogen-bond acceptors (Lipinski definition) is 5. The normalized spacial score (nSPS) is 11.0. The van der Waals surface area contributed by atoms with Gasteiger partial charge in [-0.3, -0.25) is 9.59 Å². The fraction of sp³-hybridized carbons (Fsp3) is 0.0500. The minimum Gasteiger partial charge on any atom is -0.508 e. The molecule has 7 nitrogen and oxygen atoms in total. The first-order valence-electron chi connectivity index (χ1n) is 8.25. The SMILES string of the molecule is CC(=O)c1ccc2[nH]c(C(=O)c3cnn(-c4ccc(O)cc4)c3N)cc2c1. The number of nitrogens with one attached hydrogen (secondary N) is 1. The number of benzene rings is 2. The highest BCUT2D eigenvalue weighted by molar-refractivity contribution is 6.13. The molecule has 0 spiro atoms. The summed E-state index contributed by atoms with van der Waals surface area (Å²) in [5.74, 6) is 0.000975. The Kier molecular flexibility index (Phi) is 3.77. The third kappa shape index (κ3) is 2.85. The van der Waals surface area contributed by atoms with E-state index in [1.54, 1.807) is 36.4 Å². The lowest BCUT2D eigenvalue weighted by Crippen LogP contribution is -2.07. The summed E-state index contributed by atoms with van der Waals surface area (Å²) in [5.41, 5.74) is 8.73. The Balaban J connectivity index is 1.72. The monoisotopic (exact) mass is 360 g/mol. The maximum Gasteiger partial charge on any atom is 0.214 e. The zero-order valence-corrected chi connectivity index (χ0v) is 14.4. The van der Waals surface area contributed by atoms with Gasteiger partial charge < -0.3 is 15.8 Å². The van der Waals surface area contributed by atoms with Gasteiger partial charge in [0.05, 0.1) is 23.1 Å². The van der Waals surface area contributed by atoms with Gasteiger partial charge in [0.25, 0.3) is 0 Å². The quantitative estimate of drug-likeness (QED) is 0.484. The number of fused-ring (bicyclic) bond motifs is 1. The van der Waals surface area contributed by atoms with Gasteiger partial charge >= 0.3 is 0 Å². The van der Waals surface area contributed by atoms with Crippen molar-refractivity contribution in [1.29, 1.82) is 0 Å². The van der Waals surface area contributed by atoms with Crippen molar-refractivity contribution in [3.63, 3.8) is 0 Å². The number of hydrogen-bond donors (Lipinski definition) is 3. The van der Waals surface area contributed by atoms with Crippen LogP contribution in [0.4, 0.5) is 5.82 Å². The van der Waals surface area contributed by atoms with Gasteiger partial charge in [-0.15, -0.1) is 0 Å². The Morgan fingerprint density at radius 3 is 2.56 bits per heavy atom. The van der Waals surface area contributed by atoms with Crippen molar-refractivity contribution in [2.75, 3.05) is 5.73 Å². The van der Waals surface area contributed by atoms with Gasteiger partial charge in [-0.1, -0.05) is 0 Å². The number of phenols is 1. The first-order chi connectivity index (χ1) is 12.9. The molecular formula is C20H16N4O3. The lowest BCUT2D eigenvalue weighted by molar-refractivity contribution is 0.101. The second kappa shape index (κ2) is 6.14. The largest absolute Gasteiger partial charge is 0.508 e. The zero-order valence-electron chi connectivity index (χ0n) is 14.4. The Morgan fingerprint density at radius 1 is 1.11 bits per heavy atom. The number of nitrogens with two attached hydrogens (primary N) is 1. The summed E-state index contributed by atoms with van der Waals surface area (Å²) in [7, 11) is 0. The summed E-state index contributed by atoms with van der Waals surface area (Å²) >= 11 is 0. The smallest absolute Gasteiger partial charge is 0.214 e. The Bertz CT molecular complexity index is 1190. The van der Waals surface area contributed by atoms with Gasteiger partial charge in [-0.2, -0.15) is 5.10 Å². The molecule has 0 aliphatic heterocycles. The molecule has 7 heteroatoms. The lowest BCUT2D eigenvalue weighted by atomic mass is 10.1. The number of aromatic nitrogens is 3. The van der Waals surface area contributed by atoms with Crippen LogP contribution in [0.15, 0.2) is 54.7 Å². The molecule has 2 aromatic heterocycles. The lowest BCUT2D eigenvalue weighted by Gasteiger charge is -2.04. The van der Waals surface area contributed by atoms with Crippen molar-refractivity contribution in [3.05, 3.63) is 71.5 Å². The molecular weight excluding hydrogens is 344 g/mol. The fourth-order valence-electron chi connectivity index (χ4n) is 2.95. The molecule has 0 radical (unpaired) electrons. The molecule has 0 amide bonds. The van der Waals surface area contributed by atoms with Gasteiger partial charge in [0.2, 0.25) is 5.78 Å². The molecule has 0 saturated heterocycles. The number of nitrogen functional groups attached to an aromatic ring is 1. The topological polar surface area (TPSA) is 114 Å². The molecule has 4 N–H and O–H groups in total. The number of ketones is 2. The summed E-state index contributed by atoms with van der Waals surface area (Å²) in [6, 6.07) is 13.3. The highest BCUT2D eigenvalue weighted by Gasteiger charge is 2.19. The molecule has 27 heavy (non-hydrogen) atoms. The van der Waals surface area contributed by atoms with Crippen molar-refractivity contribution >= 4 is 28.3 Å². The number of carbonyl (C=O) groups is 2. The van der Waals surface area contributed by atoms with Crippen LogP contribution < -0.4 is 5.73 Å². The second-order valence-electron chi connectivity index (χ2n) is 6.24. The van der Waals surface area contributed by atoms with Crippen molar-refractivity contribution < 1.29 is 14.7 Å². The Labute approximate surface area is 154 Å². The van der Waals surface area contributed by atoms with Crippen molar-refractivity contribution in [2.45, 2.75) is 6.92 Å². The molecule has 4 aromatic rings. The highest BCUT2D eigenvalue weighted by Crippen LogP contribution is 2.24. The average molecular weight is 360 g/mol. The number of anilines is 1. The molecule has 134 valence electrons. The van der Waals surface area contributed by atoms with Crippen molar-refractivity contribution in [1.82, 2.24) is 14.8 Å². The van der Waals surface area contributed by atoms with Crippen molar-refractivity contribution in [2.24, 2.45) is 0 Å². The van der Waals surface area contributed by atoms with Crippen LogP contribution in [0.5, 0.6) is 5.75 Å². The van der Waals surface area contributed by atoms with E-state index < -0.39 is 0 Å². The average Bonchev–Trinajstić information content (AvgIpc) is 3.25. The maximum absolute atomic E-state index is 12.9. The van der Waals surface area contributed by atoms with Gasteiger partial charge in [-0.25, -0.2) is 4.68 Å². The Morgan fingerprint density at radius 2 is 1.85 bits per heavy atom. The summed E-state index contributed by atoms with van der Waals surface area (Å²) < 4.78 is 1.43. The van der Waals surface area contributed by atoms with Crippen LogP contribution in [0.25, 0.3) is 16.6 Å². The Hall–Kier alpha value is -3.87. The van der Waals surface area contributed by atoms with Crippen LogP contribution in [-0.4, -0.2) is 31.4 Å². The predicted octanol–water partition coefficient (Wildman–Crippen LogP) is 3.08. The van der Waals surface area contributed by atoms with Crippen LogP contribution in [-0.2, 0) is 0 Å². The van der Waals surface area contributed by atoms with Gasteiger partial charge in [-0.05, 0) is 55.5 Å². The van der Waals surface area contributed by atoms with Gasteiger partial charge in [0, 0.05) is 16.5 Å². The number of aromatic hydroxyl groups is 1. The van der Waals surface area contributed by atoms with E-state index in [0.717, 1.165) is 10.9 Å². The number of H-pyrrole nitrogens is 1. The van der Waals surface area contributed by atoms with E-state index in [0.29, 0.717) is 16.9 Å². The summed E-state index contributed by atoms with van der Waals surface area (Å²) in [5, 5.41) is 14.4. The van der Waals surface area contributed by atoms with Crippen LogP contribution in [0, 0.1) is 0 Å². The molecule has 0 fully saturated rings. The third-order valence-corrected chi connectivity index (χ3v) is 4.42. The molecule has 0 bridgehead atoms. The number of rotatable bonds is 4. The van der Waals surface area contributed by atoms with E-state index in [-0.39, 0.29) is 28.7 Å². The molecule has 2 heterocycles. The van der Waals surface area contributed by atoms with Crippen LogP contribution in [0.3, 0.4) is 0 Å². The fourth-order valence-corrected chi connectivity index (χ4v) is 2.95. The second-order valence-corrected chi connectivity index (χ2v) is 6.24. The van der Waals surface area contributed by atoms with Crippen LogP contribution in [0.1, 0.15) is 33.3 Å². The van der Waals surface area contributed by atoms with E-state index in [2.05, 4.69) is 10.1 Å². The molecule has 0 atom stereocenters. The third-order valence-electron chi connectivity index (χ3n) is 4.42. The number of aromatic amines is 1. The number of carbonyl (C=O) groups excluding carboxylic acids is 2. The van der Waals surface area contributed by atoms with E-state index in [1.807, 2.05) is 0 Å². The number of nitrogens with zero attached hydrogens (tertiary/aromatic N) is 2. The number of Topliss-reactive ketones (excluding diaryl/α,β-unsaturated/α-hetero) is 1. The van der Waals surface area contributed by atoms with E-state index in [9.17, 15) is 14.7 Å². The molecule has 4 rings (SSSR count). The minimum absolute atomic E-state index is 0.0367. The molecule has 0 unspecified atom stereocenters. The first-order valence-corrected chi connectivity index (χ1v) is 8.25. The van der Waals surface area contributed by atoms with E-state index in [1.165, 1.54) is 29.9 Å². The van der Waals surface area contributed by atoms with E-state index >= 15 is 0 Å². The zero-order chi connectivity index (χ0) is 19.1. The maximum atomic E-state index is 12.9. The molecule has 0 saturated carbocycles.